The maximum atomic E-state index is 12.8. The van der Waals surface area contributed by atoms with E-state index in [4.69, 9.17) is 4.98 Å². The Morgan fingerprint density at radius 2 is 1.97 bits per heavy atom. The Hall–Kier alpha value is -2.67. The zero-order valence-corrected chi connectivity index (χ0v) is 17.9. The zero-order valence-electron chi connectivity index (χ0n) is 17.1. The maximum absolute atomic E-state index is 12.8. The highest BCUT2D eigenvalue weighted by atomic mass is 32.2. The lowest BCUT2D eigenvalue weighted by molar-refractivity contribution is 0.0860. The first kappa shape index (κ1) is 19.6. The fourth-order valence-electron chi connectivity index (χ4n) is 3.49. The highest BCUT2D eigenvalue weighted by molar-refractivity contribution is 8.00. The third-order valence-corrected chi connectivity index (χ3v) is 7.13. The normalized spacial score (nSPS) is 16.9. The monoisotopic (exact) mass is 410 g/mol. The summed E-state index contributed by atoms with van der Waals surface area (Å²) in [5, 5.41) is 0. The number of H-pyrrole nitrogens is 1. The number of Topliss-reactive ketones (excluding diaryl/α,β-unsaturated/α-hetero) is 1. The van der Waals surface area contributed by atoms with Gasteiger partial charge in [-0.3, -0.25) is 9.00 Å². The van der Waals surface area contributed by atoms with Gasteiger partial charge in [0.15, 0.2) is 11.4 Å². The van der Waals surface area contributed by atoms with Gasteiger partial charge >= 0.3 is 0 Å². The van der Waals surface area contributed by atoms with Crippen molar-refractivity contribution in [2.45, 2.75) is 20.8 Å². The molecule has 1 aliphatic heterocycles. The van der Waals surface area contributed by atoms with Crippen LogP contribution in [0.2, 0.25) is 0 Å². The average Bonchev–Trinajstić information content (AvgIpc) is 3.09. The number of ketones is 1. The Labute approximate surface area is 171 Å². The Morgan fingerprint density at radius 3 is 2.66 bits per heavy atom. The molecule has 0 unspecified atom stereocenters. The molecule has 1 saturated heterocycles. The summed E-state index contributed by atoms with van der Waals surface area (Å²) in [7, 11) is -1.93. The van der Waals surface area contributed by atoms with Gasteiger partial charge in [-0.25, -0.2) is 9.97 Å². The van der Waals surface area contributed by atoms with Crippen molar-refractivity contribution in [2.24, 2.45) is 5.41 Å². The molecule has 152 valence electrons. The number of carbonyl (C=O) groups is 1. The lowest BCUT2D eigenvalue weighted by Crippen LogP contribution is -2.40. The van der Waals surface area contributed by atoms with Crippen molar-refractivity contribution in [3.8, 4) is 11.3 Å². The molecule has 0 bridgehead atoms. The minimum absolute atomic E-state index is 0.0361. The molecule has 0 aliphatic carbocycles. The van der Waals surface area contributed by atoms with E-state index in [9.17, 15) is 9.00 Å². The van der Waals surface area contributed by atoms with Gasteiger partial charge in [-0.05, 0) is 27.5 Å². The highest BCUT2D eigenvalue weighted by Crippen LogP contribution is 2.28. The lowest BCUT2D eigenvalue weighted by Gasteiger charge is -2.31. The first-order chi connectivity index (χ1) is 13.6. The molecule has 0 amide bonds. The molecule has 29 heavy (non-hydrogen) atoms. The Bertz CT molecular complexity index is 1170. The quantitative estimate of drug-likeness (QED) is 0.529. The molecule has 7 heteroatoms. The van der Waals surface area contributed by atoms with Gasteiger partial charge in [-0.1, -0.05) is 32.9 Å². The molecule has 0 radical (unpaired) electrons. The molecule has 0 atom stereocenters. The summed E-state index contributed by atoms with van der Waals surface area (Å²) in [5.74, 6) is 5.11. The predicted octanol–water partition coefficient (Wildman–Crippen LogP) is 3.39. The maximum Gasteiger partial charge on any atom is 0.171 e. The largest absolute Gasteiger partial charge is 0.370 e. The van der Waals surface area contributed by atoms with E-state index in [2.05, 4.69) is 32.9 Å². The van der Waals surface area contributed by atoms with Gasteiger partial charge < -0.3 is 9.88 Å². The van der Waals surface area contributed by atoms with Gasteiger partial charge in [-0.15, -0.1) is 0 Å². The molecule has 6 nitrogen and oxygen atoms in total. The predicted molar refractivity (Wildman–Crippen MR) is 120 cm³/mol. The van der Waals surface area contributed by atoms with E-state index in [0.29, 0.717) is 28.2 Å². The number of aromatic nitrogens is 3. The second-order valence-corrected chi connectivity index (χ2v) is 11.4. The van der Waals surface area contributed by atoms with Crippen molar-refractivity contribution in [1.82, 2.24) is 15.0 Å². The molecular weight excluding hydrogens is 384 g/mol. The van der Waals surface area contributed by atoms with Crippen LogP contribution in [-0.4, -0.2) is 55.4 Å². The molecule has 3 aromatic rings. The van der Waals surface area contributed by atoms with Gasteiger partial charge in [0.05, 0.1) is 17.5 Å². The molecule has 1 aliphatic rings. The Kier molecular flexibility index (Phi) is 4.73. The number of rotatable bonds is 3. The summed E-state index contributed by atoms with van der Waals surface area (Å²) in [6, 6.07) is 8.11. The molecule has 0 spiro atoms. The Balaban J connectivity index is 1.69. The first-order valence-electron chi connectivity index (χ1n) is 9.71. The molecule has 1 N–H and O–H groups in total. The van der Waals surface area contributed by atoms with Crippen LogP contribution >= 0.6 is 0 Å². The third kappa shape index (κ3) is 3.92. The van der Waals surface area contributed by atoms with E-state index in [1.165, 1.54) is 0 Å². The molecule has 3 heterocycles. The van der Waals surface area contributed by atoms with E-state index in [1.807, 2.05) is 32.9 Å². The fraction of sp³-hybridized carbons (Fsp3) is 0.364. The zero-order chi connectivity index (χ0) is 20.8. The van der Waals surface area contributed by atoms with E-state index in [-0.39, 0.29) is 5.78 Å². The minimum Gasteiger partial charge on any atom is -0.370 e. The molecular formula is C22H26N4O2S. The van der Waals surface area contributed by atoms with Crippen molar-refractivity contribution >= 4 is 38.0 Å². The SMILES string of the molecule is C=S1(=O)CCN(c2cccc(-c3cnc4[nH]cc(C(=O)C(C)(C)C)c4n3)c2)CC1. The van der Waals surface area contributed by atoms with Gasteiger partial charge in [-0.2, -0.15) is 0 Å². The number of hydrogen-bond donors (Lipinski definition) is 1. The van der Waals surface area contributed by atoms with Crippen LogP contribution in [0.1, 0.15) is 31.1 Å². The van der Waals surface area contributed by atoms with E-state index >= 15 is 0 Å². The number of aromatic amines is 1. The van der Waals surface area contributed by atoms with Crippen molar-refractivity contribution in [2.75, 3.05) is 29.5 Å². The van der Waals surface area contributed by atoms with E-state index < -0.39 is 14.9 Å². The van der Waals surface area contributed by atoms with Crippen LogP contribution in [0, 0.1) is 5.41 Å². The number of fused-ring (bicyclic) bond motifs is 1. The number of benzene rings is 1. The molecule has 2 aromatic heterocycles. The lowest BCUT2D eigenvalue weighted by atomic mass is 9.87. The molecule has 0 saturated carbocycles. The van der Waals surface area contributed by atoms with Crippen molar-refractivity contribution < 1.29 is 9.00 Å². The van der Waals surface area contributed by atoms with Crippen LogP contribution in [0.15, 0.2) is 36.7 Å². The average molecular weight is 411 g/mol. The first-order valence-corrected chi connectivity index (χ1v) is 11.8. The van der Waals surface area contributed by atoms with E-state index in [0.717, 1.165) is 30.0 Å². The summed E-state index contributed by atoms with van der Waals surface area (Å²) in [5.41, 5.74) is 4.02. The smallest absolute Gasteiger partial charge is 0.171 e. The second kappa shape index (κ2) is 6.99. The van der Waals surface area contributed by atoms with Crippen LogP contribution in [0.25, 0.3) is 22.4 Å². The van der Waals surface area contributed by atoms with E-state index in [1.54, 1.807) is 12.4 Å². The van der Waals surface area contributed by atoms with Gasteiger partial charge in [0.25, 0.3) is 0 Å². The Morgan fingerprint density at radius 1 is 1.24 bits per heavy atom. The van der Waals surface area contributed by atoms with Crippen LogP contribution in [0.4, 0.5) is 5.69 Å². The summed E-state index contributed by atoms with van der Waals surface area (Å²) in [6.45, 7) is 7.17. The van der Waals surface area contributed by atoms with Gasteiger partial charge in [0, 0.05) is 47.5 Å². The van der Waals surface area contributed by atoms with Crippen LogP contribution < -0.4 is 4.90 Å². The number of nitrogens with zero attached hydrogens (tertiary/aromatic N) is 3. The summed E-state index contributed by atoms with van der Waals surface area (Å²) in [4.78, 5) is 27.3. The van der Waals surface area contributed by atoms with Crippen molar-refractivity contribution in [1.29, 1.82) is 0 Å². The topological polar surface area (TPSA) is 79.0 Å². The molecule has 1 fully saturated rings. The fourth-order valence-corrected chi connectivity index (χ4v) is 4.81. The van der Waals surface area contributed by atoms with Crippen molar-refractivity contribution in [3.05, 3.63) is 42.2 Å². The number of anilines is 1. The minimum atomic E-state index is -1.93. The van der Waals surface area contributed by atoms with Gasteiger partial charge in [0.1, 0.15) is 5.52 Å². The second-order valence-electron chi connectivity index (χ2n) is 8.65. The summed E-state index contributed by atoms with van der Waals surface area (Å²) < 4.78 is 12.1. The molecule has 1 aromatic carbocycles. The summed E-state index contributed by atoms with van der Waals surface area (Å²) in [6.07, 6.45) is 3.42. The van der Waals surface area contributed by atoms with Crippen LogP contribution in [0.3, 0.4) is 0 Å². The summed E-state index contributed by atoms with van der Waals surface area (Å²) >= 11 is 0. The third-order valence-electron chi connectivity index (χ3n) is 5.28. The van der Waals surface area contributed by atoms with Crippen LogP contribution in [0.5, 0.6) is 0 Å². The number of hydrogen-bond acceptors (Lipinski definition) is 5. The number of carbonyl (C=O) groups excluding carboxylic acids is 1. The van der Waals surface area contributed by atoms with Crippen molar-refractivity contribution in [3.63, 3.8) is 0 Å². The van der Waals surface area contributed by atoms with Crippen LogP contribution in [-0.2, 0) is 9.52 Å². The number of nitrogens with one attached hydrogen (secondary N) is 1. The molecule has 4 rings (SSSR count). The standard InChI is InChI=1S/C22H26N4O2S/c1-22(2,3)20(27)17-13-23-21-19(17)25-18(14-24-21)15-6-5-7-16(12-15)26-8-10-29(4,28)11-9-26/h5-7,12-14H,4,8-11H2,1-3H3,(H,23,24). The highest BCUT2D eigenvalue weighted by Gasteiger charge is 2.26. The van der Waals surface area contributed by atoms with Gasteiger partial charge in [0.2, 0.25) is 0 Å².